The number of carbonyl (C=O) groups excluding carboxylic acids is 1. The van der Waals surface area contributed by atoms with Gasteiger partial charge in [-0.1, -0.05) is 42.5 Å². The van der Waals surface area contributed by atoms with Crippen molar-refractivity contribution < 1.29 is 9.72 Å². The number of carbonyl (C=O) groups is 1. The summed E-state index contributed by atoms with van der Waals surface area (Å²) in [5.41, 5.74) is 1.61. The van der Waals surface area contributed by atoms with E-state index in [9.17, 15) is 14.9 Å². The summed E-state index contributed by atoms with van der Waals surface area (Å²) in [5.74, 6) is 1.09. The van der Waals surface area contributed by atoms with Gasteiger partial charge in [0.05, 0.1) is 28.9 Å². The first-order valence-corrected chi connectivity index (χ1v) is 13.4. The molecule has 2 aromatic carbocycles. The third kappa shape index (κ3) is 3.97. The molecule has 4 saturated carbocycles. The molecule has 4 fully saturated rings. The Morgan fingerprint density at radius 1 is 1.03 bits per heavy atom. The minimum Gasteiger partial charge on any atom is -0.323 e. The van der Waals surface area contributed by atoms with Crippen LogP contribution in [0.15, 0.2) is 67.3 Å². The smallest absolute Gasteiger partial charge is 0.307 e. The average molecular weight is 511 g/mol. The van der Waals surface area contributed by atoms with Gasteiger partial charge in [-0.2, -0.15) is 10.2 Å². The predicted molar refractivity (Wildman–Crippen MR) is 142 cm³/mol. The van der Waals surface area contributed by atoms with E-state index in [0.717, 1.165) is 32.1 Å². The number of rotatable bonds is 7. The molecule has 8 rings (SSSR count). The molecule has 4 aliphatic rings. The lowest BCUT2D eigenvalue weighted by Crippen LogP contribution is -2.57. The molecular weight excluding hydrogens is 480 g/mol. The number of hydrogen-bond acceptors (Lipinski definition) is 5. The van der Waals surface area contributed by atoms with E-state index in [1.54, 1.807) is 12.4 Å². The molecule has 4 bridgehead atoms. The largest absolute Gasteiger partial charge is 0.323 e. The van der Waals surface area contributed by atoms with E-state index >= 15 is 0 Å². The van der Waals surface area contributed by atoms with Crippen LogP contribution in [0, 0.1) is 27.4 Å². The van der Waals surface area contributed by atoms with Gasteiger partial charge >= 0.3 is 5.69 Å². The molecule has 4 aliphatic carbocycles. The van der Waals surface area contributed by atoms with Gasteiger partial charge < -0.3 is 5.32 Å². The summed E-state index contributed by atoms with van der Waals surface area (Å²) in [7, 11) is 0. The second kappa shape index (κ2) is 8.51. The number of nitrogens with one attached hydrogen (secondary N) is 1. The minimum absolute atomic E-state index is 0.0123. The zero-order chi connectivity index (χ0) is 25.9. The van der Waals surface area contributed by atoms with Gasteiger partial charge in [0.25, 0.3) is 0 Å². The van der Waals surface area contributed by atoms with Crippen LogP contribution in [-0.4, -0.2) is 30.4 Å². The Bertz CT molecular complexity index is 1540. The highest BCUT2D eigenvalue weighted by Crippen LogP contribution is 2.65. The van der Waals surface area contributed by atoms with Crippen molar-refractivity contribution in [1.29, 1.82) is 0 Å². The molecule has 9 heteroatoms. The molecule has 2 aromatic heterocycles. The molecule has 1 amide bonds. The summed E-state index contributed by atoms with van der Waals surface area (Å²) in [6.07, 6.45) is 13.1. The summed E-state index contributed by atoms with van der Waals surface area (Å²) in [6.45, 7) is 0.628. The summed E-state index contributed by atoms with van der Waals surface area (Å²) in [5, 5.41) is 25.7. The van der Waals surface area contributed by atoms with Crippen molar-refractivity contribution in [2.24, 2.45) is 17.3 Å². The number of amides is 1. The van der Waals surface area contributed by atoms with Crippen LogP contribution in [0.5, 0.6) is 0 Å². The number of nitro groups is 1. The SMILES string of the molecule is O=C(CC12CC3CC(C1)CC(n1cc([N+](=O)[O-])cn1)(C3)C2)Nc1cnn(Cc2cccc3ccccc23)c1. The van der Waals surface area contributed by atoms with Crippen molar-refractivity contribution in [2.45, 2.75) is 57.0 Å². The van der Waals surface area contributed by atoms with Crippen LogP contribution in [-0.2, 0) is 16.9 Å². The maximum atomic E-state index is 13.3. The van der Waals surface area contributed by atoms with Gasteiger partial charge in [-0.15, -0.1) is 0 Å². The van der Waals surface area contributed by atoms with E-state index in [1.807, 2.05) is 27.7 Å². The topological polar surface area (TPSA) is 108 Å². The van der Waals surface area contributed by atoms with E-state index in [1.165, 1.54) is 29.0 Å². The molecular formula is C29H30N6O3. The predicted octanol–water partition coefficient (Wildman–Crippen LogP) is 5.51. The summed E-state index contributed by atoms with van der Waals surface area (Å²) >= 11 is 0. The van der Waals surface area contributed by atoms with Crippen LogP contribution < -0.4 is 5.32 Å². The van der Waals surface area contributed by atoms with Crippen LogP contribution in [0.1, 0.15) is 50.5 Å². The third-order valence-electron chi connectivity index (χ3n) is 9.08. The van der Waals surface area contributed by atoms with Crippen LogP contribution in [0.4, 0.5) is 11.4 Å². The first kappa shape index (κ1) is 23.1. The van der Waals surface area contributed by atoms with E-state index in [2.05, 4.69) is 45.8 Å². The van der Waals surface area contributed by atoms with Crippen molar-refractivity contribution in [3.05, 3.63) is 82.9 Å². The van der Waals surface area contributed by atoms with Gasteiger partial charge in [-0.3, -0.25) is 24.3 Å². The Morgan fingerprint density at radius 3 is 2.61 bits per heavy atom. The number of benzene rings is 2. The fraction of sp³-hybridized carbons (Fsp3) is 0.414. The van der Waals surface area contributed by atoms with E-state index in [4.69, 9.17) is 0 Å². The number of nitrogens with zero attached hydrogens (tertiary/aromatic N) is 5. The molecule has 0 aliphatic heterocycles. The zero-order valence-corrected chi connectivity index (χ0v) is 21.1. The number of hydrogen-bond donors (Lipinski definition) is 1. The lowest BCUT2D eigenvalue weighted by atomic mass is 9.46. The van der Waals surface area contributed by atoms with Gasteiger partial charge in [0.2, 0.25) is 5.91 Å². The molecule has 2 heterocycles. The first-order chi connectivity index (χ1) is 18.4. The Balaban J connectivity index is 1.06. The molecule has 0 saturated heterocycles. The first-order valence-electron chi connectivity index (χ1n) is 13.4. The van der Waals surface area contributed by atoms with Crippen molar-refractivity contribution in [2.75, 3.05) is 5.32 Å². The maximum Gasteiger partial charge on any atom is 0.307 e. The van der Waals surface area contributed by atoms with Crippen molar-refractivity contribution in [3.63, 3.8) is 0 Å². The second-order valence-corrected chi connectivity index (χ2v) is 11.9. The van der Waals surface area contributed by atoms with Crippen LogP contribution in [0.2, 0.25) is 0 Å². The quantitative estimate of drug-likeness (QED) is 0.260. The maximum absolute atomic E-state index is 13.3. The Kier molecular flexibility index (Phi) is 5.18. The standard InChI is InChI=1S/C29H30N6O3/c36-27(32-24-14-30-33(17-24)16-23-6-3-5-22-4-1-2-7-26(22)23)13-28-9-20-8-21(10-28)12-29(11-20,19-28)34-18-25(15-31-34)35(37)38/h1-7,14-15,17-18,20-21H,8-13,16,19H2,(H,32,36). The Hall–Kier alpha value is -4.01. The van der Waals surface area contributed by atoms with Crippen LogP contribution in [0.25, 0.3) is 10.8 Å². The van der Waals surface area contributed by atoms with E-state index < -0.39 is 0 Å². The van der Waals surface area contributed by atoms with Crippen molar-refractivity contribution >= 4 is 28.1 Å². The third-order valence-corrected chi connectivity index (χ3v) is 9.08. The lowest BCUT2D eigenvalue weighted by Gasteiger charge is -2.61. The monoisotopic (exact) mass is 510 g/mol. The van der Waals surface area contributed by atoms with Crippen LogP contribution >= 0.6 is 0 Å². The van der Waals surface area contributed by atoms with Gasteiger partial charge in [-0.05, 0) is 72.1 Å². The molecule has 38 heavy (non-hydrogen) atoms. The Morgan fingerprint density at radius 2 is 1.82 bits per heavy atom. The van der Waals surface area contributed by atoms with E-state index in [0.29, 0.717) is 30.5 Å². The minimum atomic E-state index is -0.381. The summed E-state index contributed by atoms with van der Waals surface area (Å²) < 4.78 is 3.72. The van der Waals surface area contributed by atoms with Gasteiger partial charge in [0.15, 0.2) is 0 Å². The van der Waals surface area contributed by atoms with Gasteiger partial charge in [0, 0.05) is 12.6 Å². The molecule has 0 radical (unpaired) electrons. The fourth-order valence-corrected chi connectivity index (χ4v) is 8.21. The number of fused-ring (bicyclic) bond motifs is 1. The van der Waals surface area contributed by atoms with Gasteiger partial charge in [0.1, 0.15) is 12.4 Å². The van der Waals surface area contributed by atoms with Crippen molar-refractivity contribution in [3.8, 4) is 0 Å². The average Bonchev–Trinajstić information content (AvgIpc) is 3.54. The highest BCUT2D eigenvalue weighted by atomic mass is 16.6. The molecule has 2 atom stereocenters. The second-order valence-electron chi connectivity index (χ2n) is 11.9. The fourth-order valence-electron chi connectivity index (χ4n) is 8.21. The van der Waals surface area contributed by atoms with Crippen molar-refractivity contribution in [1.82, 2.24) is 19.6 Å². The molecule has 1 N–H and O–H groups in total. The van der Waals surface area contributed by atoms with Gasteiger partial charge in [-0.25, -0.2) is 0 Å². The number of anilines is 1. The highest BCUT2D eigenvalue weighted by Gasteiger charge is 2.59. The summed E-state index contributed by atoms with van der Waals surface area (Å²) in [4.78, 5) is 24.2. The Labute approximate surface area is 220 Å². The summed E-state index contributed by atoms with van der Waals surface area (Å²) in [6, 6.07) is 14.6. The lowest BCUT2D eigenvalue weighted by molar-refractivity contribution is -0.385. The molecule has 0 spiro atoms. The van der Waals surface area contributed by atoms with E-state index in [-0.39, 0.29) is 27.5 Å². The molecule has 9 nitrogen and oxygen atoms in total. The number of aromatic nitrogens is 4. The highest BCUT2D eigenvalue weighted by molar-refractivity contribution is 5.91. The molecule has 4 aromatic rings. The van der Waals surface area contributed by atoms with Crippen LogP contribution in [0.3, 0.4) is 0 Å². The molecule has 2 unspecified atom stereocenters. The zero-order valence-electron chi connectivity index (χ0n) is 21.1. The normalized spacial score (nSPS) is 27.6. The molecule has 194 valence electrons.